The molecule has 1 aromatic rings. The molecule has 0 amide bonds. The molecule has 0 radical (unpaired) electrons. The van der Waals surface area contributed by atoms with Gasteiger partial charge >= 0.3 is 0 Å². The Morgan fingerprint density at radius 3 is 2.53 bits per heavy atom. The molecule has 0 aliphatic carbocycles. The number of likely N-dealkylation sites (N-methyl/N-ethyl adjacent to an activating group) is 1. The molecule has 1 aromatic carbocycles. The smallest absolute Gasteiger partial charge is 0.129 e. The van der Waals surface area contributed by atoms with E-state index in [-0.39, 0.29) is 17.8 Å². The molecule has 0 aromatic heterocycles. The maximum Gasteiger partial charge on any atom is 0.129 e. The maximum absolute atomic E-state index is 13.6. The molecule has 0 heterocycles. The second-order valence-corrected chi connectivity index (χ2v) is 5.19. The van der Waals surface area contributed by atoms with Crippen LogP contribution in [0.15, 0.2) is 24.3 Å². The highest BCUT2D eigenvalue weighted by molar-refractivity contribution is 5.20. The first-order valence-corrected chi connectivity index (χ1v) is 6.59. The lowest BCUT2D eigenvalue weighted by Gasteiger charge is -2.29. The molecule has 0 spiro atoms. The van der Waals surface area contributed by atoms with Crippen LogP contribution in [0.3, 0.4) is 0 Å². The van der Waals surface area contributed by atoms with Crippen LogP contribution in [-0.4, -0.2) is 43.4 Å². The molecule has 3 nitrogen and oxygen atoms in total. The Hall–Kier alpha value is -0.970. The zero-order valence-corrected chi connectivity index (χ0v) is 12.1. The Labute approximate surface area is 115 Å². The van der Waals surface area contributed by atoms with Crippen LogP contribution in [0.1, 0.15) is 25.5 Å². The normalized spacial score (nSPS) is 16.4. The van der Waals surface area contributed by atoms with E-state index in [1.165, 1.54) is 6.07 Å². The third kappa shape index (κ3) is 4.56. The van der Waals surface area contributed by atoms with Crippen molar-refractivity contribution in [1.29, 1.82) is 0 Å². The summed E-state index contributed by atoms with van der Waals surface area (Å²) in [7, 11) is 3.65. The van der Waals surface area contributed by atoms with E-state index in [2.05, 4.69) is 11.8 Å². The highest BCUT2D eigenvalue weighted by Crippen LogP contribution is 2.24. The molecule has 3 atom stereocenters. The van der Waals surface area contributed by atoms with Gasteiger partial charge in [-0.3, -0.25) is 0 Å². The van der Waals surface area contributed by atoms with Crippen molar-refractivity contribution < 1.29 is 14.2 Å². The first-order valence-electron chi connectivity index (χ1n) is 6.59. The minimum atomic E-state index is -0.793. The van der Waals surface area contributed by atoms with Gasteiger partial charge in [-0.15, -0.1) is 0 Å². The molecule has 108 valence electrons. The lowest BCUT2D eigenvalue weighted by molar-refractivity contribution is 0.0623. The summed E-state index contributed by atoms with van der Waals surface area (Å²) in [5.41, 5.74) is 0.364. The second kappa shape index (κ2) is 7.58. The Balaban J connectivity index is 2.63. The first kappa shape index (κ1) is 16.1. The van der Waals surface area contributed by atoms with Crippen molar-refractivity contribution in [1.82, 2.24) is 4.90 Å². The average molecular weight is 269 g/mol. The van der Waals surface area contributed by atoms with Gasteiger partial charge in [-0.2, -0.15) is 0 Å². The Morgan fingerprint density at radius 2 is 1.95 bits per heavy atom. The summed E-state index contributed by atoms with van der Waals surface area (Å²) in [6.07, 6.45) is -0.793. The van der Waals surface area contributed by atoms with E-state index in [4.69, 9.17) is 4.74 Å². The zero-order valence-electron chi connectivity index (χ0n) is 12.1. The van der Waals surface area contributed by atoms with Crippen molar-refractivity contribution in [3.8, 4) is 0 Å². The van der Waals surface area contributed by atoms with E-state index >= 15 is 0 Å². The number of hydrogen-bond donors (Lipinski definition) is 1. The summed E-state index contributed by atoms with van der Waals surface area (Å²) in [6, 6.07) is 6.65. The molecule has 0 saturated carbocycles. The SMILES string of the molecule is COCC(C)N(C)CC(C)C(O)c1ccccc1F. The summed E-state index contributed by atoms with van der Waals surface area (Å²) >= 11 is 0. The molecule has 3 unspecified atom stereocenters. The second-order valence-electron chi connectivity index (χ2n) is 5.19. The predicted molar refractivity (Wildman–Crippen MR) is 74.5 cm³/mol. The molecule has 0 fully saturated rings. The third-order valence-corrected chi connectivity index (χ3v) is 3.50. The number of rotatable bonds is 7. The fraction of sp³-hybridized carbons (Fsp3) is 0.600. The van der Waals surface area contributed by atoms with Gasteiger partial charge in [0.05, 0.1) is 12.7 Å². The van der Waals surface area contributed by atoms with Gasteiger partial charge in [0.25, 0.3) is 0 Å². The molecule has 19 heavy (non-hydrogen) atoms. The van der Waals surface area contributed by atoms with Crippen molar-refractivity contribution in [2.75, 3.05) is 27.3 Å². The van der Waals surface area contributed by atoms with Gasteiger partial charge in [0, 0.05) is 25.3 Å². The molecule has 0 saturated heterocycles. The number of benzene rings is 1. The van der Waals surface area contributed by atoms with Gasteiger partial charge in [0.2, 0.25) is 0 Å². The van der Waals surface area contributed by atoms with E-state index in [1.54, 1.807) is 25.3 Å². The number of methoxy groups -OCH3 is 1. The highest BCUT2D eigenvalue weighted by atomic mass is 19.1. The van der Waals surface area contributed by atoms with Gasteiger partial charge in [-0.1, -0.05) is 25.1 Å². The molecular weight excluding hydrogens is 245 g/mol. The van der Waals surface area contributed by atoms with Gasteiger partial charge in [-0.05, 0) is 26.0 Å². The summed E-state index contributed by atoms with van der Waals surface area (Å²) in [4.78, 5) is 2.11. The van der Waals surface area contributed by atoms with E-state index in [0.29, 0.717) is 18.7 Å². The first-order chi connectivity index (χ1) is 8.97. The van der Waals surface area contributed by atoms with Crippen molar-refractivity contribution in [3.05, 3.63) is 35.6 Å². The summed E-state index contributed by atoms with van der Waals surface area (Å²) < 4.78 is 18.7. The van der Waals surface area contributed by atoms with Crippen LogP contribution in [0.25, 0.3) is 0 Å². The minimum absolute atomic E-state index is 0.0544. The molecule has 1 N–H and O–H groups in total. The fourth-order valence-corrected chi connectivity index (χ4v) is 2.12. The van der Waals surface area contributed by atoms with Crippen LogP contribution in [0.2, 0.25) is 0 Å². The number of halogens is 1. The molecule has 0 aliphatic rings. The lowest BCUT2D eigenvalue weighted by atomic mass is 9.96. The number of hydrogen-bond acceptors (Lipinski definition) is 3. The quantitative estimate of drug-likeness (QED) is 0.825. The summed E-state index contributed by atoms with van der Waals surface area (Å²) in [5, 5.41) is 10.2. The van der Waals surface area contributed by atoms with Crippen LogP contribution >= 0.6 is 0 Å². The summed E-state index contributed by atoms with van der Waals surface area (Å²) in [5.74, 6) is -0.407. The standard InChI is InChI=1S/C15H24FNO2/c1-11(9-17(3)12(2)10-19-4)15(18)13-7-5-6-8-14(13)16/h5-8,11-12,15,18H,9-10H2,1-4H3. The number of aliphatic hydroxyl groups is 1. The molecular formula is C15H24FNO2. The average Bonchev–Trinajstić information content (AvgIpc) is 2.38. The monoisotopic (exact) mass is 269 g/mol. The molecule has 4 heteroatoms. The van der Waals surface area contributed by atoms with Crippen LogP contribution in [0.4, 0.5) is 4.39 Å². The van der Waals surface area contributed by atoms with Crippen LogP contribution in [0.5, 0.6) is 0 Å². The largest absolute Gasteiger partial charge is 0.388 e. The Kier molecular flexibility index (Phi) is 6.42. The van der Waals surface area contributed by atoms with Gasteiger partial charge in [-0.25, -0.2) is 4.39 Å². The van der Waals surface area contributed by atoms with Crippen LogP contribution in [0, 0.1) is 11.7 Å². The molecule has 0 aliphatic heterocycles. The van der Waals surface area contributed by atoms with Crippen molar-refractivity contribution >= 4 is 0 Å². The molecule has 0 bridgehead atoms. The lowest BCUT2D eigenvalue weighted by Crippen LogP contribution is -2.37. The zero-order chi connectivity index (χ0) is 14.4. The van der Waals surface area contributed by atoms with Crippen molar-refractivity contribution in [2.45, 2.75) is 26.0 Å². The number of nitrogens with zero attached hydrogens (tertiary/aromatic N) is 1. The Morgan fingerprint density at radius 1 is 1.32 bits per heavy atom. The van der Waals surface area contributed by atoms with E-state index < -0.39 is 6.10 Å². The molecule has 1 rings (SSSR count). The summed E-state index contributed by atoms with van der Waals surface area (Å²) in [6.45, 7) is 5.30. The minimum Gasteiger partial charge on any atom is -0.388 e. The van der Waals surface area contributed by atoms with E-state index in [1.807, 2.05) is 14.0 Å². The van der Waals surface area contributed by atoms with Crippen molar-refractivity contribution in [3.63, 3.8) is 0 Å². The van der Waals surface area contributed by atoms with Gasteiger partial charge < -0.3 is 14.7 Å². The highest BCUT2D eigenvalue weighted by Gasteiger charge is 2.22. The van der Waals surface area contributed by atoms with Crippen molar-refractivity contribution in [2.24, 2.45) is 5.92 Å². The van der Waals surface area contributed by atoms with Gasteiger partial charge in [0.15, 0.2) is 0 Å². The third-order valence-electron chi connectivity index (χ3n) is 3.50. The van der Waals surface area contributed by atoms with Gasteiger partial charge in [0.1, 0.15) is 5.82 Å². The number of ether oxygens (including phenoxy) is 1. The fourth-order valence-electron chi connectivity index (χ4n) is 2.12. The Bertz CT molecular complexity index is 386. The number of aliphatic hydroxyl groups excluding tert-OH is 1. The van der Waals surface area contributed by atoms with E-state index in [0.717, 1.165) is 0 Å². The predicted octanol–water partition coefficient (Wildman–Crippen LogP) is 2.46. The van der Waals surface area contributed by atoms with Crippen LogP contribution < -0.4 is 0 Å². The van der Waals surface area contributed by atoms with E-state index in [9.17, 15) is 9.50 Å². The topological polar surface area (TPSA) is 32.7 Å². The van der Waals surface area contributed by atoms with Crippen LogP contribution in [-0.2, 0) is 4.74 Å². The maximum atomic E-state index is 13.6.